The van der Waals surface area contributed by atoms with Crippen LogP contribution in [0.1, 0.15) is 75.9 Å². The normalized spacial score (nSPS) is 18.8. The van der Waals surface area contributed by atoms with Gasteiger partial charge in [-0.3, -0.25) is 19.4 Å². The van der Waals surface area contributed by atoms with E-state index in [0.29, 0.717) is 13.1 Å². The highest BCUT2D eigenvalue weighted by molar-refractivity contribution is 6.78. The lowest BCUT2D eigenvalue weighted by Crippen LogP contribution is -2.51. The minimum Gasteiger partial charge on any atom is -0.453 e. The monoisotopic (exact) mass is 852 g/mol. The quantitative estimate of drug-likeness (QED) is 0.0923. The van der Waals surface area contributed by atoms with E-state index >= 15 is 0 Å². The Morgan fingerprint density at radius 3 is 1.94 bits per heavy atom. The summed E-state index contributed by atoms with van der Waals surface area (Å²) >= 11 is 0. The summed E-state index contributed by atoms with van der Waals surface area (Å²) in [4.78, 5) is 63.7. The number of ether oxygens (including phenoxy) is 1. The van der Waals surface area contributed by atoms with Crippen molar-refractivity contribution in [1.29, 1.82) is 0 Å². The molecule has 4 heterocycles. The molecule has 62 heavy (non-hydrogen) atoms. The molecule has 4 atom stereocenters. The van der Waals surface area contributed by atoms with Crippen LogP contribution in [0.5, 0.6) is 0 Å². The number of Topliss-reactive ketones (excluding diaryl/α,β-unsaturated/α-hetero) is 1. The van der Waals surface area contributed by atoms with Gasteiger partial charge < -0.3 is 24.9 Å². The zero-order chi connectivity index (χ0) is 43.7. The van der Waals surface area contributed by atoms with Crippen molar-refractivity contribution in [3.8, 4) is 22.3 Å². The van der Waals surface area contributed by atoms with Gasteiger partial charge in [0.05, 0.1) is 61.9 Å². The molecule has 0 aliphatic carbocycles. The van der Waals surface area contributed by atoms with Gasteiger partial charge in [0.15, 0.2) is 5.78 Å². The molecule has 2 aliphatic heterocycles. The van der Waals surface area contributed by atoms with Crippen molar-refractivity contribution in [2.75, 3.05) is 39.5 Å². The smallest absolute Gasteiger partial charge is 0.407 e. The Balaban J connectivity index is 0.982. The van der Waals surface area contributed by atoms with Crippen molar-refractivity contribution >= 4 is 47.9 Å². The highest BCUT2D eigenvalue weighted by atomic mass is 28.3. The molecule has 8 rings (SSSR count). The molecule has 12 nitrogen and oxygen atoms in total. The fraction of sp³-hybridized carbons (Fsp3) is 0.408. The van der Waals surface area contributed by atoms with Crippen LogP contribution in [0.25, 0.3) is 44.3 Å². The maximum atomic E-state index is 14.2. The van der Waals surface area contributed by atoms with Crippen LogP contribution in [0.4, 0.5) is 4.79 Å². The molecule has 0 unspecified atom stereocenters. The number of likely N-dealkylation sites (tertiary alicyclic amines) is 1. The molecule has 2 aliphatic rings. The SMILES string of the molecule is CCN(CC)[C@@H](C(=O)CN1C[Si](C)(C)C[C@H]1c1nc2ccc(-c3ccc(-c4ccc5nc([C@@H]6CCCN6C(=O)[C@@H](NC(=O)OC)C(C)C)[nH]c5c4)cc3)cc2[nH]1)c1ccccc1. The number of rotatable bonds is 14. The number of ketones is 1. The lowest BCUT2D eigenvalue weighted by atomic mass is 10.00. The van der Waals surface area contributed by atoms with Crippen molar-refractivity contribution in [3.63, 3.8) is 0 Å². The third-order valence-corrected chi connectivity index (χ3v) is 15.6. The lowest BCUT2D eigenvalue weighted by molar-refractivity contribution is -0.135. The molecule has 2 fully saturated rings. The molecule has 0 spiro atoms. The number of carbonyl (C=O) groups excluding carboxylic acids is 3. The molecule has 3 N–H and O–H groups in total. The number of benzene rings is 4. The number of likely N-dealkylation sites (N-methyl/N-ethyl adjacent to an activating group) is 1. The summed E-state index contributed by atoms with van der Waals surface area (Å²) in [7, 11) is -0.292. The van der Waals surface area contributed by atoms with E-state index in [-0.39, 0.29) is 35.7 Å². The van der Waals surface area contributed by atoms with Crippen LogP contribution in [0.3, 0.4) is 0 Å². The number of methoxy groups -OCH3 is 1. The second-order valence-corrected chi connectivity index (χ2v) is 23.2. The molecule has 324 valence electrons. The van der Waals surface area contributed by atoms with E-state index in [1.165, 1.54) is 7.11 Å². The summed E-state index contributed by atoms with van der Waals surface area (Å²) in [5.74, 6) is 1.71. The van der Waals surface area contributed by atoms with Gasteiger partial charge >= 0.3 is 6.09 Å². The van der Waals surface area contributed by atoms with E-state index in [4.69, 9.17) is 14.7 Å². The van der Waals surface area contributed by atoms with Crippen LogP contribution in [0.2, 0.25) is 19.1 Å². The van der Waals surface area contributed by atoms with Gasteiger partial charge in [0.25, 0.3) is 0 Å². The van der Waals surface area contributed by atoms with Crippen molar-refractivity contribution in [3.05, 3.63) is 108 Å². The molecule has 0 saturated carbocycles. The Hall–Kier alpha value is -5.63. The van der Waals surface area contributed by atoms with Crippen molar-refractivity contribution in [2.24, 2.45) is 5.92 Å². The first-order valence-corrected chi connectivity index (χ1v) is 25.6. The standard InChI is InChI=1S/C49H60N8O4Si/c1-8-55(9-2)45(34-14-11-10-12-15-34)43(58)28-56-30-62(6,7)29-42(56)47-51-38-24-22-36(27-40(38)53-47)33-19-17-32(18-20-33)35-21-23-37-39(26-35)52-46(50-37)41-16-13-25-57(41)48(59)44(31(3)4)54-49(60)61-5/h10-12,14-15,17-24,26-27,31,41-42,44-45H,8-9,13,16,25,28-30H2,1-7H3,(H,50,52)(H,51,53)(H,54,60)/t41-,42-,44-,45+/m0/s1. The Morgan fingerprint density at radius 2 is 1.39 bits per heavy atom. The van der Waals surface area contributed by atoms with Gasteiger partial charge in [0.1, 0.15) is 17.7 Å². The van der Waals surface area contributed by atoms with Crippen LogP contribution in [0, 0.1) is 5.92 Å². The van der Waals surface area contributed by atoms with E-state index in [1.807, 2.05) is 43.0 Å². The first kappa shape index (κ1) is 43.0. The van der Waals surface area contributed by atoms with Crippen molar-refractivity contribution < 1.29 is 19.1 Å². The first-order valence-electron chi connectivity index (χ1n) is 22.2. The van der Waals surface area contributed by atoms with Crippen LogP contribution < -0.4 is 5.32 Å². The summed E-state index contributed by atoms with van der Waals surface area (Å²) < 4.78 is 4.79. The number of alkyl carbamates (subject to hydrolysis) is 1. The van der Waals surface area contributed by atoms with Gasteiger partial charge in [-0.2, -0.15) is 0 Å². The van der Waals surface area contributed by atoms with Gasteiger partial charge in [-0.15, -0.1) is 0 Å². The number of aromatic amines is 2. The highest BCUT2D eigenvalue weighted by Gasteiger charge is 2.43. The predicted molar refractivity (Wildman–Crippen MR) is 248 cm³/mol. The molecule has 2 aromatic heterocycles. The lowest BCUT2D eigenvalue weighted by Gasteiger charge is -2.31. The average Bonchev–Trinajstić information content (AvgIpc) is 4.08. The molecule has 2 amide bonds. The second-order valence-electron chi connectivity index (χ2n) is 18.1. The molecule has 6 aromatic rings. The number of H-pyrrole nitrogens is 2. The zero-order valence-corrected chi connectivity index (χ0v) is 38.1. The molecular weight excluding hydrogens is 793 g/mol. The van der Waals surface area contributed by atoms with Crippen LogP contribution in [-0.2, 0) is 14.3 Å². The number of nitrogens with one attached hydrogen (secondary N) is 3. The molecule has 2 saturated heterocycles. The number of amides is 2. The topological polar surface area (TPSA) is 140 Å². The Labute approximate surface area is 365 Å². The maximum absolute atomic E-state index is 14.2. The predicted octanol–water partition coefficient (Wildman–Crippen LogP) is 9.07. The van der Waals surface area contributed by atoms with E-state index in [2.05, 4.69) is 119 Å². The van der Waals surface area contributed by atoms with Crippen LogP contribution >= 0.6 is 0 Å². The number of hydrogen-bond acceptors (Lipinski definition) is 8. The van der Waals surface area contributed by atoms with Gasteiger partial charge in [-0.25, -0.2) is 14.8 Å². The van der Waals surface area contributed by atoms with E-state index in [9.17, 15) is 14.4 Å². The Kier molecular flexibility index (Phi) is 12.5. The third-order valence-electron chi connectivity index (χ3n) is 12.9. The Bertz CT molecular complexity index is 2550. The minimum atomic E-state index is -1.59. The first-order chi connectivity index (χ1) is 29.9. The average molecular weight is 853 g/mol. The highest BCUT2D eigenvalue weighted by Crippen LogP contribution is 2.39. The third kappa shape index (κ3) is 8.84. The maximum Gasteiger partial charge on any atom is 0.407 e. The minimum absolute atomic E-state index is 0.0688. The Morgan fingerprint density at radius 1 is 0.823 bits per heavy atom. The van der Waals surface area contributed by atoms with Crippen LogP contribution in [-0.4, -0.2) is 106 Å². The summed E-state index contributed by atoms with van der Waals surface area (Å²) in [6.07, 6.45) is 2.00. The van der Waals surface area contributed by atoms with Gasteiger partial charge in [0.2, 0.25) is 5.91 Å². The fourth-order valence-electron chi connectivity index (χ4n) is 9.71. The van der Waals surface area contributed by atoms with E-state index in [1.54, 1.807) is 0 Å². The number of carbonyl (C=O) groups is 3. The second kappa shape index (κ2) is 18.0. The van der Waals surface area contributed by atoms with Crippen molar-refractivity contribution in [2.45, 2.75) is 83.8 Å². The summed E-state index contributed by atoms with van der Waals surface area (Å²) in [5.41, 5.74) is 9.08. The number of aromatic nitrogens is 4. The molecule has 13 heteroatoms. The fourth-order valence-corrected chi connectivity index (χ4v) is 12.8. The summed E-state index contributed by atoms with van der Waals surface area (Å²) in [6, 6.07) is 31.4. The van der Waals surface area contributed by atoms with E-state index in [0.717, 1.165) is 99.7 Å². The van der Waals surface area contributed by atoms with E-state index < -0.39 is 20.2 Å². The van der Waals surface area contributed by atoms with Gasteiger partial charge in [-0.1, -0.05) is 108 Å². The molecular formula is C49H60N8O4Si. The zero-order valence-electron chi connectivity index (χ0n) is 37.1. The number of fused-ring (bicyclic) bond motifs is 2. The number of hydrogen-bond donors (Lipinski definition) is 3. The van der Waals surface area contributed by atoms with Crippen LogP contribution in [0.15, 0.2) is 91.0 Å². The molecule has 0 radical (unpaired) electrons. The van der Waals surface area contributed by atoms with Gasteiger partial charge in [0, 0.05) is 6.54 Å². The van der Waals surface area contributed by atoms with Gasteiger partial charge in [-0.05, 0) is 96.1 Å². The number of nitrogens with zero attached hydrogens (tertiary/aromatic N) is 5. The summed E-state index contributed by atoms with van der Waals surface area (Å²) in [5, 5.41) is 2.72. The molecule has 0 bridgehead atoms. The molecule has 4 aromatic carbocycles. The van der Waals surface area contributed by atoms with Crippen molar-refractivity contribution in [1.82, 2.24) is 40.0 Å². The summed E-state index contributed by atoms with van der Waals surface area (Å²) in [6.45, 7) is 15.6. The largest absolute Gasteiger partial charge is 0.453 e. The number of imidazole rings is 2.